The highest BCUT2D eigenvalue weighted by Crippen LogP contribution is 2.40. The quantitative estimate of drug-likeness (QED) is 0.701. The van der Waals surface area contributed by atoms with Crippen molar-refractivity contribution >= 4 is 0 Å². The Morgan fingerprint density at radius 3 is 2.21 bits per heavy atom. The van der Waals surface area contributed by atoms with E-state index in [1.165, 1.54) is 12.8 Å². The Balaban J connectivity index is 2.71. The van der Waals surface area contributed by atoms with E-state index in [4.69, 9.17) is 10.5 Å². The van der Waals surface area contributed by atoms with Gasteiger partial charge in [-0.05, 0) is 17.8 Å². The van der Waals surface area contributed by atoms with E-state index in [2.05, 4.69) is 20.4 Å². The molecule has 0 aliphatic heterocycles. The molecule has 2 heteroatoms. The van der Waals surface area contributed by atoms with Crippen LogP contribution in [-0.4, -0.2) is 19.3 Å². The van der Waals surface area contributed by atoms with E-state index in [-0.39, 0.29) is 12.1 Å². The van der Waals surface area contributed by atoms with Crippen LogP contribution in [0.5, 0.6) is 0 Å². The van der Waals surface area contributed by atoms with Gasteiger partial charge in [-0.2, -0.15) is 0 Å². The number of hydrogen-bond donors (Lipinski definition) is 1. The normalized spacial score (nSPS) is 36.7. The third-order valence-electron chi connectivity index (χ3n) is 3.69. The maximum Gasteiger partial charge on any atom is 0.0790 e. The van der Waals surface area contributed by atoms with Crippen molar-refractivity contribution in [2.75, 3.05) is 7.11 Å². The van der Waals surface area contributed by atoms with Gasteiger partial charge >= 0.3 is 0 Å². The predicted octanol–water partition coefficient (Wildman–Crippen LogP) is 2.20. The zero-order chi connectivity index (χ0) is 10.7. The Hall–Kier alpha value is -0.340. The fourth-order valence-electron chi connectivity index (χ4n) is 2.82. The maximum absolute atomic E-state index is 5.99. The van der Waals surface area contributed by atoms with Crippen LogP contribution in [0.15, 0.2) is 12.7 Å². The summed E-state index contributed by atoms with van der Waals surface area (Å²) in [5.74, 6) is 2.04. The zero-order valence-electron chi connectivity index (χ0n) is 9.57. The van der Waals surface area contributed by atoms with E-state index in [1.807, 2.05) is 0 Å². The lowest BCUT2D eigenvalue weighted by Crippen LogP contribution is -2.42. The summed E-state index contributed by atoms with van der Waals surface area (Å²) in [6.07, 6.45) is 4.54. The molecular formula is C12H23NO. The first-order valence-electron chi connectivity index (χ1n) is 5.52. The van der Waals surface area contributed by atoms with Crippen molar-refractivity contribution in [3.63, 3.8) is 0 Å². The minimum absolute atomic E-state index is 0.0343. The van der Waals surface area contributed by atoms with Gasteiger partial charge in [0, 0.05) is 13.2 Å². The van der Waals surface area contributed by atoms with Crippen LogP contribution in [0, 0.1) is 17.8 Å². The molecule has 1 rings (SSSR count). The molecule has 0 radical (unpaired) electrons. The highest BCUT2D eigenvalue weighted by atomic mass is 16.5. The monoisotopic (exact) mass is 197 g/mol. The molecule has 0 aromatic heterocycles. The van der Waals surface area contributed by atoms with Crippen molar-refractivity contribution in [1.82, 2.24) is 0 Å². The smallest absolute Gasteiger partial charge is 0.0790 e. The van der Waals surface area contributed by atoms with Crippen LogP contribution in [0.1, 0.15) is 26.7 Å². The third-order valence-corrected chi connectivity index (χ3v) is 3.69. The van der Waals surface area contributed by atoms with Crippen LogP contribution in [0.3, 0.4) is 0 Å². The van der Waals surface area contributed by atoms with E-state index >= 15 is 0 Å². The summed E-state index contributed by atoms with van der Waals surface area (Å²) in [6, 6.07) is -0.0343. The van der Waals surface area contributed by atoms with Crippen molar-refractivity contribution in [2.24, 2.45) is 23.5 Å². The molecule has 1 saturated carbocycles. The predicted molar refractivity (Wildman–Crippen MR) is 60.0 cm³/mol. The number of nitrogens with two attached hydrogens (primary N) is 1. The van der Waals surface area contributed by atoms with Crippen LogP contribution in [0.25, 0.3) is 0 Å². The lowest BCUT2D eigenvalue weighted by atomic mass is 9.83. The Bertz CT molecular complexity index is 183. The van der Waals surface area contributed by atoms with Crippen molar-refractivity contribution < 1.29 is 4.74 Å². The number of rotatable bonds is 4. The molecule has 2 nitrogen and oxygen atoms in total. The number of hydrogen-bond acceptors (Lipinski definition) is 2. The molecule has 82 valence electrons. The van der Waals surface area contributed by atoms with Gasteiger partial charge in [-0.15, -0.1) is 6.58 Å². The topological polar surface area (TPSA) is 35.2 Å². The van der Waals surface area contributed by atoms with Crippen LogP contribution in [0.2, 0.25) is 0 Å². The molecule has 0 spiro atoms. The van der Waals surface area contributed by atoms with Crippen molar-refractivity contribution in [3.05, 3.63) is 12.7 Å². The lowest BCUT2D eigenvalue weighted by molar-refractivity contribution is 0.0155. The second-order valence-electron chi connectivity index (χ2n) is 4.62. The van der Waals surface area contributed by atoms with Crippen LogP contribution in [-0.2, 0) is 4.74 Å². The van der Waals surface area contributed by atoms with Crippen molar-refractivity contribution in [2.45, 2.75) is 38.8 Å². The number of ether oxygens (including phenoxy) is 1. The maximum atomic E-state index is 5.99. The summed E-state index contributed by atoms with van der Waals surface area (Å²) in [5, 5.41) is 0. The van der Waals surface area contributed by atoms with Gasteiger partial charge in [0.15, 0.2) is 0 Å². The van der Waals surface area contributed by atoms with Gasteiger partial charge in [-0.3, -0.25) is 0 Å². The summed E-state index contributed by atoms with van der Waals surface area (Å²) in [7, 11) is 1.76. The van der Waals surface area contributed by atoms with Crippen LogP contribution < -0.4 is 5.73 Å². The molecule has 0 saturated heterocycles. The minimum atomic E-state index is -0.0343. The fourth-order valence-corrected chi connectivity index (χ4v) is 2.82. The highest BCUT2D eigenvalue weighted by molar-refractivity contribution is 4.97. The van der Waals surface area contributed by atoms with Gasteiger partial charge in [0.1, 0.15) is 0 Å². The van der Waals surface area contributed by atoms with Gasteiger partial charge in [0.2, 0.25) is 0 Å². The first kappa shape index (κ1) is 11.7. The van der Waals surface area contributed by atoms with Gasteiger partial charge < -0.3 is 10.5 Å². The Morgan fingerprint density at radius 1 is 1.36 bits per heavy atom. The summed E-state index contributed by atoms with van der Waals surface area (Å²) in [5.41, 5.74) is 5.99. The minimum Gasteiger partial charge on any atom is -0.379 e. The van der Waals surface area contributed by atoms with E-state index in [0.717, 1.165) is 11.8 Å². The first-order valence-corrected chi connectivity index (χ1v) is 5.52. The molecule has 1 aliphatic carbocycles. The zero-order valence-corrected chi connectivity index (χ0v) is 9.57. The molecule has 0 bridgehead atoms. The Morgan fingerprint density at radius 2 is 1.86 bits per heavy atom. The average molecular weight is 197 g/mol. The molecule has 4 atom stereocenters. The molecule has 14 heavy (non-hydrogen) atoms. The molecular weight excluding hydrogens is 174 g/mol. The molecule has 0 heterocycles. The summed E-state index contributed by atoms with van der Waals surface area (Å²) in [4.78, 5) is 0. The second kappa shape index (κ2) is 4.94. The van der Waals surface area contributed by atoms with E-state index in [0.29, 0.717) is 5.92 Å². The lowest BCUT2D eigenvalue weighted by Gasteiger charge is -2.31. The largest absolute Gasteiger partial charge is 0.379 e. The molecule has 4 unspecified atom stereocenters. The first-order chi connectivity index (χ1) is 6.61. The molecule has 2 N–H and O–H groups in total. The van der Waals surface area contributed by atoms with E-state index in [9.17, 15) is 0 Å². The van der Waals surface area contributed by atoms with Gasteiger partial charge in [0.05, 0.1) is 6.10 Å². The second-order valence-corrected chi connectivity index (χ2v) is 4.62. The number of methoxy groups -OCH3 is 1. The SMILES string of the molecule is C=CC(N)C(OC)C1C(C)CCC1C. The third kappa shape index (κ3) is 2.18. The van der Waals surface area contributed by atoms with Crippen LogP contribution >= 0.6 is 0 Å². The van der Waals surface area contributed by atoms with Crippen molar-refractivity contribution in [3.8, 4) is 0 Å². The molecule has 0 amide bonds. The van der Waals surface area contributed by atoms with Gasteiger partial charge in [0.25, 0.3) is 0 Å². The average Bonchev–Trinajstić information content (AvgIpc) is 2.50. The van der Waals surface area contributed by atoms with Gasteiger partial charge in [-0.25, -0.2) is 0 Å². The molecule has 0 aromatic rings. The summed E-state index contributed by atoms with van der Waals surface area (Å²) >= 11 is 0. The van der Waals surface area contributed by atoms with E-state index < -0.39 is 0 Å². The standard InChI is InChI=1S/C12H23NO/c1-5-10(13)12(14-4)11-8(2)6-7-9(11)3/h5,8-12H,1,6-7,13H2,2-4H3. The highest BCUT2D eigenvalue weighted by Gasteiger charge is 2.38. The summed E-state index contributed by atoms with van der Waals surface area (Å²) < 4.78 is 5.53. The molecule has 1 aliphatic rings. The van der Waals surface area contributed by atoms with E-state index in [1.54, 1.807) is 13.2 Å². The molecule has 0 aromatic carbocycles. The van der Waals surface area contributed by atoms with Crippen LogP contribution in [0.4, 0.5) is 0 Å². The Labute approximate surface area is 87.5 Å². The summed E-state index contributed by atoms with van der Waals surface area (Å²) in [6.45, 7) is 8.35. The van der Waals surface area contributed by atoms with Crippen molar-refractivity contribution in [1.29, 1.82) is 0 Å². The van der Waals surface area contributed by atoms with Gasteiger partial charge in [-0.1, -0.05) is 32.8 Å². The fraction of sp³-hybridized carbons (Fsp3) is 0.833. The Kier molecular flexibility index (Phi) is 4.14. The molecule has 1 fully saturated rings.